The molecule has 3 rings (SSSR count). The molecule has 3 aromatic rings. The number of nitrogens with zero attached hydrogens (tertiary/aromatic N) is 2. The number of methoxy groups -OCH3 is 1. The van der Waals surface area contributed by atoms with Gasteiger partial charge >= 0.3 is 0 Å². The van der Waals surface area contributed by atoms with E-state index in [9.17, 15) is 0 Å². The average Bonchev–Trinajstić information content (AvgIpc) is 2.87. The van der Waals surface area contributed by atoms with Gasteiger partial charge in [0, 0.05) is 17.3 Å². The molecule has 0 atom stereocenters. The van der Waals surface area contributed by atoms with E-state index < -0.39 is 0 Å². The van der Waals surface area contributed by atoms with Crippen LogP contribution in [0.4, 0.5) is 0 Å². The summed E-state index contributed by atoms with van der Waals surface area (Å²) in [5, 5.41) is 4.64. The third-order valence-electron chi connectivity index (χ3n) is 4.07. The van der Waals surface area contributed by atoms with E-state index in [1.54, 1.807) is 7.11 Å². The van der Waals surface area contributed by atoms with E-state index >= 15 is 0 Å². The first-order valence-electron chi connectivity index (χ1n) is 7.38. The Morgan fingerprint density at radius 1 is 0.955 bits per heavy atom. The zero-order valence-electron chi connectivity index (χ0n) is 13.4. The molecule has 3 heteroatoms. The van der Waals surface area contributed by atoms with Gasteiger partial charge in [-0.3, -0.25) is 0 Å². The lowest BCUT2D eigenvalue weighted by Crippen LogP contribution is -2.01. The lowest BCUT2D eigenvalue weighted by atomic mass is 9.97. The zero-order chi connectivity index (χ0) is 15.7. The van der Waals surface area contributed by atoms with Crippen LogP contribution in [0.25, 0.3) is 16.8 Å². The van der Waals surface area contributed by atoms with Crippen LogP contribution >= 0.6 is 0 Å². The standard InChI is InChI=1S/C19H20N2O/c1-13-12-21(20-15(13)3)17-10-11-18(22-4)14(2)19(17)16-8-6-5-7-9-16/h5-12H,1-4H3. The highest BCUT2D eigenvalue weighted by Gasteiger charge is 2.15. The highest BCUT2D eigenvalue weighted by Crippen LogP contribution is 2.35. The van der Waals surface area contributed by atoms with E-state index in [-0.39, 0.29) is 0 Å². The molecule has 3 nitrogen and oxygen atoms in total. The second-order valence-corrected chi connectivity index (χ2v) is 5.50. The minimum absolute atomic E-state index is 0.892. The van der Waals surface area contributed by atoms with Crippen molar-refractivity contribution in [3.8, 4) is 22.6 Å². The maximum absolute atomic E-state index is 5.50. The van der Waals surface area contributed by atoms with Gasteiger partial charge in [0.05, 0.1) is 18.5 Å². The summed E-state index contributed by atoms with van der Waals surface area (Å²) in [6.07, 6.45) is 2.07. The Morgan fingerprint density at radius 2 is 1.68 bits per heavy atom. The third-order valence-corrected chi connectivity index (χ3v) is 4.07. The Balaban J connectivity index is 2.28. The summed E-state index contributed by atoms with van der Waals surface area (Å²) < 4.78 is 7.46. The van der Waals surface area contributed by atoms with Crippen LogP contribution < -0.4 is 4.74 Å². The largest absolute Gasteiger partial charge is 0.496 e. The van der Waals surface area contributed by atoms with E-state index in [2.05, 4.69) is 55.5 Å². The van der Waals surface area contributed by atoms with Crippen molar-refractivity contribution in [2.24, 2.45) is 0 Å². The molecule has 0 bridgehead atoms. The Morgan fingerprint density at radius 3 is 2.27 bits per heavy atom. The smallest absolute Gasteiger partial charge is 0.122 e. The summed E-state index contributed by atoms with van der Waals surface area (Å²) in [5.41, 5.74) is 6.75. The molecule has 0 saturated carbocycles. The van der Waals surface area contributed by atoms with Gasteiger partial charge in [-0.15, -0.1) is 0 Å². The fourth-order valence-electron chi connectivity index (χ4n) is 2.73. The second-order valence-electron chi connectivity index (χ2n) is 5.50. The lowest BCUT2D eigenvalue weighted by Gasteiger charge is -2.16. The first-order valence-corrected chi connectivity index (χ1v) is 7.38. The molecule has 0 N–H and O–H groups in total. The van der Waals surface area contributed by atoms with Crippen LogP contribution in [0.3, 0.4) is 0 Å². The highest BCUT2D eigenvalue weighted by atomic mass is 16.5. The number of rotatable bonds is 3. The van der Waals surface area contributed by atoms with Crippen molar-refractivity contribution in [2.75, 3.05) is 7.11 Å². The number of aryl methyl sites for hydroxylation is 2. The Kier molecular flexibility index (Phi) is 3.72. The maximum Gasteiger partial charge on any atom is 0.122 e. The van der Waals surface area contributed by atoms with Gasteiger partial charge in [-0.05, 0) is 44.0 Å². The average molecular weight is 292 g/mol. The first kappa shape index (κ1) is 14.4. The van der Waals surface area contributed by atoms with Crippen LogP contribution in [0.2, 0.25) is 0 Å². The van der Waals surface area contributed by atoms with Crippen molar-refractivity contribution in [1.82, 2.24) is 9.78 Å². The molecule has 0 amide bonds. The third kappa shape index (κ3) is 2.39. The maximum atomic E-state index is 5.50. The van der Waals surface area contributed by atoms with Crippen LogP contribution in [-0.2, 0) is 0 Å². The second kappa shape index (κ2) is 5.68. The summed E-state index contributed by atoms with van der Waals surface area (Å²) in [5.74, 6) is 0.892. The Hall–Kier alpha value is -2.55. The highest BCUT2D eigenvalue weighted by molar-refractivity contribution is 5.78. The molecule has 0 radical (unpaired) electrons. The molecule has 0 aliphatic heterocycles. The van der Waals surface area contributed by atoms with Gasteiger partial charge in [0.2, 0.25) is 0 Å². The monoisotopic (exact) mass is 292 g/mol. The fraction of sp³-hybridized carbons (Fsp3) is 0.211. The van der Waals surface area contributed by atoms with E-state index in [1.807, 2.05) is 23.7 Å². The SMILES string of the molecule is COc1ccc(-n2cc(C)c(C)n2)c(-c2ccccc2)c1C. The zero-order valence-corrected chi connectivity index (χ0v) is 13.4. The molecular weight excluding hydrogens is 272 g/mol. The van der Waals surface area contributed by atoms with Gasteiger partial charge in [0.1, 0.15) is 5.75 Å². The molecule has 0 spiro atoms. The van der Waals surface area contributed by atoms with Crippen LogP contribution in [0.5, 0.6) is 5.75 Å². The van der Waals surface area contributed by atoms with Crippen molar-refractivity contribution in [2.45, 2.75) is 20.8 Å². The molecule has 0 fully saturated rings. The Labute approximate surface area is 131 Å². The molecular formula is C19H20N2O. The van der Waals surface area contributed by atoms with E-state index in [0.29, 0.717) is 0 Å². The summed E-state index contributed by atoms with van der Waals surface area (Å²) in [6, 6.07) is 14.4. The van der Waals surface area contributed by atoms with Crippen molar-refractivity contribution in [3.63, 3.8) is 0 Å². The minimum atomic E-state index is 0.892. The first-order chi connectivity index (χ1) is 10.6. The number of hydrogen-bond donors (Lipinski definition) is 0. The molecule has 0 aliphatic carbocycles. The van der Waals surface area contributed by atoms with Gasteiger partial charge in [0.25, 0.3) is 0 Å². The van der Waals surface area contributed by atoms with Gasteiger partial charge < -0.3 is 4.74 Å². The van der Waals surface area contributed by atoms with Crippen molar-refractivity contribution >= 4 is 0 Å². The predicted octanol–water partition coefficient (Wildman–Crippen LogP) is 4.47. The summed E-state index contributed by atoms with van der Waals surface area (Å²) >= 11 is 0. The quantitative estimate of drug-likeness (QED) is 0.712. The van der Waals surface area contributed by atoms with E-state index in [4.69, 9.17) is 4.74 Å². The molecule has 2 aromatic carbocycles. The van der Waals surface area contributed by atoms with Crippen LogP contribution in [0, 0.1) is 20.8 Å². The predicted molar refractivity (Wildman–Crippen MR) is 89.8 cm³/mol. The summed E-state index contributed by atoms with van der Waals surface area (Å²) in [7, 11) is 1.71. The molecule has 1 heterocycles. The fourth-order valence-corrected chi connectivity index (χ4v) is 2.73. The van der Waals surface area contributed by atoms with Gasteiger partial charge in [0.15, 0.2) is 0 Å². The minimum Gasteiger partial charge on any atom is -0.496 e. The lowest BCUT2D eigenvalue weighted by molar-refractivity contribution is 0.412. The number of aromatic nitrogens is 2. The number of benzene rings is 2. The Bertz CT molecular complexity index is 784. The summed E-state index contributed by atoms with van der Waals surface area (Å²) in [4.78, 5) is 0. The van der Waals surface area contributed by atoms with Crippen molar-refractivity contribution in [1.29, 1.82) is 0 Å². The van der Waals surface area contributed by atoms with Crippen molar-refractivity contribution in [3.05, 3.63) is 65.5 Å². The van der Waals surface area contributed by atoms with Crippen LogP contribution in [0.15, 0.2) is 48.7 Å². The van der Waals surface area contributed by atoms with E-state index in [0.717, 1.165) is 28.3 Å². The van der Waals surface area contributed by atoms with Gasteiger partial charge in [-0.25, -0.2) is 4.68 Å². The topological polar surface area (TPSA) is 27.1 Å². The van der Waals surface area contributed by atoms with E-state index in [1.165, 1.54) is 11.1 Å². The molecule has 0 unspecified atom stereocenters. The van der Waals surface area contributed by atoms with Crippen LogP contribution in [0.1, 0.15) is 16.8 Å². The molecule has 0 aliphatic rings. The summed E-state index contributed by atoms with van der Waals surface area (Å²) in [6.45, 7) is 6.20. The van der Waals surface area contributed by atoms with Crippen molar-refractivity contribution < 1.29 is 4.74 Å². The van der Waals surface area contributed by atoms with Gasteiger partial charge in [-0.2, -0.15) is 5.10 Å². The van der Waals surface area contributed by atoms with Crippen LogP contribution in [-0.4, -0.2) is 16.9 Å². The number of hydrogen-bond acceptors (Lipinski definition) is 2. The van der Waals surface area contributed by atoms with Gasteiger partial charge in [-0.1, -0.05) is 30.3 Å². The molecule has 112 valence electrons. The molecule has 1 aromatic heterocycles. The number of ether oxygens (including phenoxy) is 1. The normalized spacial score (nSPS) is 10.7. The molecule has 22 heavy (non-hydrogen) atoms. The molecule has 0 saturated heterocycles.